The molecule has 0 radical (unpaired) electrons. The monoisotopic (exact) mass is 321 g/mol. The van der Waals surface area contributed by atoms with Gasteiger partial charge in [0, 0.05) is 24.9 Å². The summed E-state index contributed by atoms with van der Waals surface area (Å²) in [6.45, 7) is -0.312. The molecule has 5 unspecified atom stereocenters. The van der Waals surface area contributed by atoms with Gasteiger partial charge in [0.15, 0.2) is 0 Å². The molecule has 0 amide bonds. The highest BCUT2D eigenvalue weighted by Gasteiger charge is 2.51. The molecule has 2 saturated heterocycles. The molecule has 2 bridgehead atoms. The van der Waals surface area contributed by atoms with E-state index in [-0.39, 0.29) is 24.8 Å². The molecule has 3 rings (SSSR count). The van der Waals surface area contributed by atoms with Gasteiger partial charge in [-0.15, -0.1) is 0 Å². The van der Waals surface area contributed by atoms with E-state index >= 15 is 0 Å². The van der Waals surface area contributed by atoms with Crippen molar-refractivity contribution in [3.8, 4) is 0 Å². The second-order valence-corrected chi connectivity index (χ2v) is 6.46. The van der Waals surface area contributed by atoms with Gasteiger partial charge in [0.1, 0.15) is 12.0 Å². The van der Waals surface area contributed by atoms with Gasteiger partial charge < -0.3 is 20.1 Å². The van der Waals surface area contributed by atoms with E-state index in [1.165, 1.54) is 0 Å². The van der Waals surface area contributed by atoms with E-state index in [0.29, 0.717) is 12.8 Å². The SMILES string of the molecule is CN1C2CC(OC(=O)C(CO)c3ccccc3)CC1C(O)C2O. The number of fused-ring (bicyclic) bond motifs is 2. The summed E-state index contributed by atoms with van der Waals surface area (Å²) in [5.74, 6) is -1.17. The fourth-order valence-corrected chi connectivity index (χ4v) is 3.77. The minimum atomic E-state index is -0.809. The number of nitrogens with zero attached hydrogens (tertiary/aromatic N) is 1. The van der Waals surface area contributed by atoms with Crippen LogP contribution in [0.3, 0.4) is 0 Å². The molecule has 1 aromatic carbocycles. The van der Waals surface area contributed by atoms with E-state index < -0.39 is 24.1 Å². The van der Waals surface area contributed by atoms with Crippen molar-refractivity contribution in [2.45, 2.75) is 49.2 Å². The minimum absolute atomic E-state index is 0.203. The van der Waals surface area contributed by atoms with E-state index in [1.807, 2.05) is 30.1 Å². The number of benzene rings is 1. The van der Waals surface area contributed by atoms with Gasteiger partial charge in [0.25, 0.3) is 0 Å². The van der Waals surface area contributed by atoms with E-state index in [0.717, 1.165) is 5.56 Å². The summed E-state index contributed by atoms with van der Waals surface area (Å²) >= 11 is 0. The summed E-state index contributed by atoms with van der Waals surface area (Å²) in [6.07, 6.45) is -0.987. The summed E-state index contributed by atoms with van der Waals surface area (Å²) in [4.78, 5) is 14.4. The number of carbonyl (C=O) groups excluding carboxylic acids is 1. The number of aliphatic hydroxyl groups is 3. The largest absolute Gasteiger partial charge is 0.462 e. The van der Waals surface area contributed by atoms with Crippen LogP contribution in [-0.2, 0) is 9.53 Å². The topological polar surface area (TPSA) is 90.2 Å². The maximum absolute atomic E-state index is 12.4. The van der Waals surface area contributed by atoms with Crippen LogP contribution in [0.15, 0.2) is 30.3 Å². The Morgan fingerprint density at radius 3 is 2.30 bits per heavy atom. The Morgan fingerprint density at radius 1 is 1.22 bits per heavy atom. The van der Waals surface area contributed by atoms with Gasteiger partial charge in [-0.1, -0.05) is 30.3 Å². The number of piperidine rings is 1. The molecule has 0 spiro atoms. The molecule has 5 atom stereocenters. The Bertz CT molecular complexity index is 525. The maximum atomic E-state index is 12.4. The number of esters is 1. The van der Waals surface area contributed by atoms with Gasteiger partial charge >= 0.3 is 5.97 Å². The summed E-state index contributed by atoms with van der Waals surface area (Å²) in [5, 5.41) is 29.6. The number of hydrogen-bond donors (Lipinski definition) is 3. The van der Waals surface area contributed by atoms with Crippen molar-refractivity contribution in [2.75, 3.05) is 13.7 Å². The second-order valence-electron chi connectivity index (χ2n) is 6.46. The molecule has 0 aromatic heterocycles. The van der Waals surface area contributed by atoms with Gasteiger partial charge in [0.05, 0.1) is 18.8 Å². The van der Waals surface area contributed by atoms with Crippen LogP contribution >= 0.6 is 0 Å². The zero-order chi connectivity index (χ0) is 16.6. The average Bonchev–Trinajstić information content (AvgIpc) is 2.68. The lowest BCUT2D eigenvalue weighted by molar-refractivity contribution is -0.155. The smallest absolute Gasteiger partial charge is 0.316 e. The lowest BCUT2D eigenvalue weighted by Crippen LogP contribution is -2.46. The van der Waals surface area contributed by atoms with Gasteiger partial charge in [-0.05, 0) is 12.6 Å². The predicted molar refractivity (Wildman–Crippen MR) is 82.7 cm³/mol. The van der Waals surface area contributed by atoms with Crippen LogP contribution in [0, 0.1) is 0 Å². The first-order valence-electron chi connectivity index (χ1n) is 7.97. The van der Waals surface area contributed by atoms with Crippen LogP contribution in [0.2, 0.25) is 0 Å². The van der Waals surface area contributed by atoms with Crippen molar-refractivity contribution in [1.29, 1.82) is 0 Å². The number of aliphatic hydroxyl groups excluding tert-OH is 3. The first kappa shape index (κ1) is 16.4. The van der Waals surface area contributed by atoms with Gasteiger partial charge in [0.2, 0.25) is 0 Å². The van der Waals surface area contributed by atoms with Crippen molar-refractivity contribution in [3.63, 3.8) is 0 Å². The van der Waals surface area contributed by atoms with E-state index in [4.69, 9.17) is 4.74 Å². The standard InChI is InChI=1S/C17H23NO5/c1-18-13-7-11(8-14(18)16(21)15(13)20)23-17(22)12(9-19)10-5-3-2-4-6-10/h2-6,11-16,19-21H,7-9H2,1H3. The predicted octanol–water partition coefficient (Wildman–Crippen LogP) is -0.128. The zero-order valence-corrected chi connectivity index (χ0v) is 13.1. The van der Waals surface area contributed by atoms with Crippen molar-refractivity contribution >= 4 is 5.97 Å². The Morgan fingerprint density at radius 2 is 1.78 bits per heavy atom. The number of hydrogen-bond acceptors (Lipinski definition) is 6. The van der Waals surface area contributed by atoms with Gasteiger partial charge in [-0.3, -0.25) is 9.69 Å². The van der Waals surface area contributed by atoms with Crippen LogP contribution in [0.25, 0.3) is 0 Å². The Kier molecular flexibility index (Phi) is 4.68. The molecule has 0 saturated carbocycles. The molecular formula is C17H23NO5. The quantitative estimate of drug-likeness (QED) is 0.670. The third-order valence-electron chi connectivity index (χ3n) is 5.15. The van der Waals surface area contributed by atoms with Crippen LogP contribution < -0.4 is 0 Å². The molecule has 3 N–H and O–H groups in total. The van der Waals surface area contributed by atoms with Gasteiger partial charge in [-0.2, -0.15) is 0 Å². The van der Waals surface area contributed by atoms with Crippen molar-refractivity contribution in [1.82, 2.24) is 4.90 Å². The molecular weight excluding hydrogens is 298 g/mol. The molecule has 2 fully saturated rings. The average molecular weight is 321 g/mol. The van der Waals surface area contributed by atoms with Crippen molar-refractivity contribution in [2.24, 2.45) is 0 Å². The third kappa shape index (κ3) is 2.99. The summed E-state index contributed by atoms with van der Waals surface area (Å²) < 4.78 is 5.58. The highest BCUT2D eigenvalue weighted by Crippen LogP contribution is 2.36. The Hall–Kier alpha value is -1.47. The normalized spacial score (nSPS) is 35.0. The van der Waals surface area contributed by atoms with E-state index in [9.17, 15) is 20.1 Å². The molecule has 6 heteroatoms. The number of rotatable bonds is 4. The fraction of sp³-hybridized carbons (Fsp3) is 0.588. The molecule has 126 valence electrons. The molecule has 1 aromatic rings. The summed E-state index contributed by atoms with van der Waals surface area (Å²) in [7, 11) is 1.87. The van der Waals surface area contributed by atoms with Crippen LogP contribution in [0.5, 0.6) is 0 Å². The van der Waals surface area contributed by atoms with Crippen LogP contribution in [0.4, 0.5) is 0 Å². The maximum Gasteiger partial charge on any atom is 0.316 e. The summed E-state index contributed by atoms with van der Waals surface area (Å²) in [5.41, 5.74) is 0.718. The molecule has 0 aliphatic carbocycles. The Balaban J connectivity index is 1.67. The molecule has 6 nitrogen and oxygen atoms in total. The molecule has 2 aliphatic rings. The molecule has 23 heavy (non-hydrogen) atoms. The number of carbonyl (C=O) groups is 1. The van der Waals surface area contributed by atoms with Crippen molar-refractivity contribution < 1.29 is 24.9 Å². The second kappa shape index (κ2) is 6.57. The third-order valence-corrected chi connectivity index (χ3v) is 5.15. The van der Waals surface area contributed by atoms with E-state index in [2.05, 4.69) is 0 Å². The Labute approximate surface area is 135 Å². The lowest BCUT2D eigenvalue weighted by Gasteiger charge is -2.36. The minimum Gasteiger partial charge on any atom is -0.462 e. The first-order valence-corrected chi connectivity index (χ1v) is 7.97. The van der Waals surface area contributed by atoms with Crippen LogP contribution in [-0.4, -0.2) is 70.2 Å². The van der Waals surface area contributed by atoms with Crippen molar-refractivity contribution in [3.05, 3.63) is 35.9 Å². The van der Waals surface area contributed by atoms with Gasteiger partial charge in [-0.25, -0.2) is 0 Å². The fourth-order valence-electron chi connectivity index (χ4n) is 3.77. The number of ether oxygens (including phenoxy) is 1. The van der Waals surface area contributed by atoms with E-state index in [1.54, 1.807) is 12.1 Å². The molecule has 2 heterocycles. The summed E-state index contributed by atoms with van der Waals surface area (Å²) in [6, 6.07) is 8.64. The molecule has 2 aliphatic heterocycles. The number of likely N-dealkylation sites (N-methyl/N-ethyl adjacent to an activating group) is 1. The zero-order valence-electron chi connectivity index (χ0n) is 13.1. The highest BCUT2D eigenvalue weighted by atomic mass is 16.5. The first-order chi connectivity index (χ1) is 11.0. The lowest BCUT2D eigenvalue weighted by atomic mass is 9.98. The highest BCUT2D eigenvalue weighted by molar-refractivity contribution is 5.78. The van der Waals surface area contributed by atoms with Crippen LogP contribution in [0.1, 0.15) is 24.3 Å².